The molecule has 0 saturated carbocycles. The first kappa shape index (κ1) is 20.5. The van der Waals surface area contributed by atoms with Crippen LogP contribution in [0.4, 0.5) is 5.00 Å². The van der Waals surface area contributed by atoms with E-state index in [2.05, 4.69) is 5.32 Å². The van der Waals surface area contributed by atoms with Gasteiger partial charge in [-0.1, -0.05) is 0 Å². The minimum atomic E-state index is -0.529. The molecule has 0 radical (unpaired) electrons. The first-order valence-corrected chi connectivity index (χ1v) is 10.9. The fraction of sp³-hybridized carbons (Fsp3) is 0.450. The third kappa shape index (κ3) is 4.80. The molecule has 0 bridgehead atoms. The number of carbonyl (C=O) groups excluding carboxylic acids is 3. The second-order valence-electron chi connectivity index (χ2n) is 6.90. The van der Waals surface area contributed by atoms with E-state index in [1.807, 2.05) is 13.0 Å². The molecule has 0 aliphatic heterocycles. The summed E-state index contributed by atoms with van der Waals surface area (Å²) < 4.78 is 10.5. The summed E-state index contributed by atoms with van der Waals surface area (Å²) in [6.07, 6.45) is 3.53. The first-order valence-electron chi connectivity index (χ1n) is 9.24. The van der Waals surface area contributed by atoms with E-state index in [1.54, 1.807) is 19.9 Å². The van der Waals surface area contributed by atoms with Crippen LogP contribution in [0.1, 0.15) is 62.0 Å². The highest BCUT2D eigenvalue weighted by atomic mass is 32.1. The molecule has 1 amide bonds. The van der Waals surface area contributed by atoms with Crippen molar-refractivity contribution in [1.82, 2.24) is 0 Å². The molecule has 1 aliphatic rings. The van der Waals surface area contributed by atoms with Gasteiger partial charge in [-0.3, -0.25) is 4.79 Å². The van der Waals surface area contributed by atoms with Crippen molar-refractivity contribution < 1.29 is 23.9 Å². The molecule has 150 valence electrons. The lowest BCUT2D eigenvalue weighted by Gasteiger charge is -2.14. The van der Waals surface area contributed by atoms with E-state index in [0.29, 0.717) is 15.4 Å². The average molecular weight is 422 g/mol. The number of thiophene rings is 2. The van der Waals surface area contributed by atoms with Gasteiger partial charge in [-0.15, -0.1) is 22.7 Å². The van der Waals surface area contributed by atoms with E-state index in [-0.39, 0.29) is 6.10 Å². The number of hydrogen-bond acceptors (Lipinski definition) is 7. The van der Waals surface area contributed by atoms with Gasteiger partial charge in [0.1, 0.15) is 9.88 Å². The van der Waals surface area contributed by atoms with Crippen molar-refractivity contribution in [3.05, 3.63) is 37.9 Å². The van der Waals surface area contributed by atoms with Crippen LogP contribution in [-0.2, 0) is 27.1 Å². The molecule has 28 heavy (non-hydrogen) atoms. The Hall–Kier alpha value is -2.19. The van der Waals surface area contributed by atoms with Gasteiger partial charge in [0, 0.05) is 9.75 Å². The number of rotatable bonds is 6. The van der Waals surface area contributed by atoms with Crippen molar-refractivity contribution in [2.45, 2.75) is 52.6 Å². The lowest BCUT2D eigenvalue weighted by atomic mass is 9.95. The molecule has 8 heteroatoms. The van der Waals surface area contributed by atoms with Gasteiger partial charge in [-0.2, -0.15) is 0 Å². The number of esters is 2. The van der Waals surface area contributed by atoms with Crippen LogP contribution in [0.25, 0.3) is 0 Å². The maximum absolute atomic E-state index is 12.6. The number of nitrogens with one attached hydrogen (secondary N) is 1. The monoisotopic (exact) mass is 421 g/mol. The molecule has 2 aromatic rings. The van der Waals surface area contributed by atoms with E-state index in [0.717, 1.165) is 41.0 Å². The summed E-state index contributed by atoms with van der Waals surface area (Å²) >= 11 is 2.72. The summed E-state index contributed by atoms with van der Waals surface area (Å²) in [7, 11) is 0. The largest absolute Gasteiger partial charge is 0.459 e. The Labute approximate surface area is 171 Å². The highest BCUT2D eigenvalue weighted by Crippen LogP contribution is 2.38. The molecular formula is C20H23NO5S2. The molecular weight excluding hydrogens is 398 g/mol. The average Bonchev–Trinajstić information content (AvgIpc) is 3.22. The third-order valence-corrected chi connectivity index (χ3v) is 6.43. The Morgan fingerprint density at radius 2 is 1.86 bits per heavy atom. The van der Waals surface area contributed by atoms with Crippen LogP contribution in [-0.4, -0.2) is 30.6 Å². The number of amides is 1. The zero-order chi connectivity index (χ0) is 20.3. The highest BCUT2D eigenvalue weighted by molar-refractivity contribution is 7.17. The van der Waals surface area contributed by atoms with Gasteiger partial charge in [0.05, 0.1) is 11.7 Å². The van der Waals surface area contributed by atoms with Crippen molar-refractivity contribution in [3.63, 3.8) is 0 Å². The van der Waals surface area contributed by atoms with E-state index >= 15 is 0 Å². The molecule has 2 heterocycles. The Bertz CT molecular complexity index is 897. The van der Waals surface area contributed by atoms with Crippen LogP contribution in [0.2, 0.25) is 0 Å². The topological polar surface area (TPSA) is 81.7 Å². The normalized spacial score (nSPS) is 13.1. The van der Waals surface area contributed by atoms with Gasteiger partial charge >= 0.3 is 11.9 Å². The predicted octanol–water partition coefficient (Wildman–Crippen LogP) is 4.36. The lowest BCUT2D eigenvalue weighted by molar-refractivity contribution is -0.119. The molecule has 0 aromatic carbocycles. The van der Waals surface area contributed by atoms with Crippen LogP contribution < -0.4 is 5.32 Å². The molecule has 0 spiro atoms. The van der Waals surface area contributed by atoms with Crippen molar-refractivity contribution >= 4 is 45.5 Å². The highest BCUT2D eigenvalue weighted by Gasteiger charge is 2.28. The molecule has 2 aromatic heterocycles. The zero-order valence-corrected chi connectivity index (χ0v) is 17.8. The number of anilines is 1. The molecule has 3 rings (SSSR count). The van der Waals surface area contributed by atoms with Crippen molar-refractivity contribution in [2.75, 3.05) is 11.9 Å². The third-order valence-electron chi connectivity index (χ3n) is 4.25. The van der Waals surface area contributed by atoms with E-state index in [9.17, 15) is 14.4 Å². The molecule has 1 N–H and O–H groups in total. The number of ether oxygens (including phenoxy) is 2. The van der Waals surface area contributed by atoms with Crippen LogP contribution in [0, 0.1) is 6.92 Å². The summed E-state index contributed by atoms with van der Waals surface area (Å²) in [5.41, 5.74) is 1.42. The van der Waals surface area contributed by atoms with Gasteiger partial charge in [-0.25, -0.2) is 9.59 Å². The van der Waals surface area contributed by atoms with Crippen molar-refractivity contribution in [2.24, 2.45) is 0 Å². The maximum atomic E-state index is 12.6. The molecule has 1 aliphatic carbocycles. The Morgan fingerprint density at radius 3 is 2.54 bits per heavy atom. The SMILES string of the molecule is Cc1ccc(C(=O)OCC(=O)Nc2sc3c(c2C(=O)OC(C)C)CCCC3)s1. The molecule has 0 atom stereocenters. The summed E-state index contributed by atoms with van der Waals surface area (Å²) in [5, 5.41) is 3.22. The van der Waals surface area contributed by atoms with Gasteiger partial charge < -0.3 is 14.8 Å². The van der Waals surface area contributed by atoms with E-state index in [1.165, 1.54) is 22.7 Å². The fourth-order valence-electron chi connectivity index (χ4n) is 3.05. The minimum Gasteiger partial charge on any atom is -0.459 e. The lowest BCUT2D eigenvalue weighted by Crippen LogP contribution is -2.22. The first-order chi connectivity index (χ1) is 13.3. The number of hydrogen-bond donors (Lipinski definition) is 1. The summed E-state index contributed by atoms with van der Waals surface area (Å²) in [4.78, 5) is 39.5. The van der Waals surface area contributed by atoms with Crippen LogP contribution in [0.15, 0.2) is 12.1 Å². The Morgan fingerprint density at radius 1 is 1.11 bits per heavy atom. The zero-order valence-electron chi connectivity index (χ0n) is 16.1. The van der Waals surface area contributed by atoms with Gasteiger partial charge in [0.25, 0.3) is 5.91 Å². The van der Waals surface area contributed by atoms with Crippen molar-refractivity contribution in [1.29, 1.82) is 0 Å². The summed E-state index contributed by atoms with van der Waals surface area (Å²) in [6, 6.07) is 3.50. The fourth-order valence-corrected chi connectivity index (χ4v) is 5.11. The standard InChI is InChI=1S/C20H23NO5S2/c1-11(2)26-20(24)17-13-6-4-5-7-14(13)28-18(17)21-16(22)10-25-19(23)15-9-8-12(3)27-15/h8-9,11H,4-7,10H2,1-3H3,(H,21,22). The Kier molecular flexibility index (Phi) is 6.51. The number of fused-ring (bicyclic) bond motifs is 1. The smallest absolute Gasteiger partial charge is 0.348 e. The maximum Gasteiger partial charge on any atom is 0.348 e. The second kappa shape index (κ2) is 8.87. The van der Waals surface area contributed by atoms with Gasteiger partial charge in [-0.05, 0) is 64.2 Å². The van der Waals surface area contributed by atoms with Crippen LogP contribution in [0.3, 0.4) is 0 Å². The van der Waals surface area contributed by atoms with E-state index in [4.69, 9.17) is 9.47 Å². The molecule has 6 nitrogen and oxygen atoms in total. The minimum absolute atomic E-state index is 0.245. The summed E-state index contributed by atoms with van der Waals surface area (Å²) in [6.45, 7) is 5.07. The van der Waals surface area contributed by atoms with Gasteiger partial charge in [0.15, 0.2) is 6.61 Å². The van der Waals surface area contributed by atoms with Crippen LogP contribution >= 0.6 is 22.7 Å². The summed E-state index contributed by atoms with van der Waals surface area (Å²) in [5.74, 6) is -1.42. The van der Waals surface area contributed by atoms with Gasteiger partial charge in [0.2, 0.25) is 0 Å². The van der Waals surface area contributed by atoms with Crippen LogP contribution in [0.5, 0.6) is 0 Å². The van der Waals surface area contributed by atoms with Crippen molar-refractivity contribution in [3.8, 4) is 0 Å². The molecule has 0 unspecified atom stereocenters. The second-order valence-corrected chi connectivity index (χ2v) is 9.30. The molecule has 0 saturated heterocycles. The predicted molar refractivity (Wildman–Crippen MR) is 109 cm³/mol. The quantitative estimate of drug-likeness (QED) is 0.701. The molecule has 0 fully saturated rings. The Balaban J connectivity index is 1.70. The van der Waals surface area contributed by atoms with E-state index < -0.39 is 24.5 Å². The number of carbonyl (C=O) groups is 3. The number of aryl methyl sites for hydroxylation is 2.